The molecular formula is C21H27N3O4. The van der Waals surface area contributed by atoms with E-state index in [9.17, 15) is 19.8 Å². The van der Waals surface area contributed by atoms with E-state index in [-0.39, 0.29) is 34.9 Å². The number of carbonyl (C=O) groups is 2. The first-order chi connectivity index (χ1) is 13.3. The fraction of sp³-hybridized carbons (Fsp3) is 0.571. The molecule has 5 rings (SSSR count). The van der Waals surface area contributed by atoms with Gasteiger partial charge in [0.2, 0.25) is 5.91 Å². The van der Waals surface area contributed by atoms with Crippen LogP contribution in [0.5, 0.6) is 11.5 Å². The van der Waals surface area contributed by atoms with Crippen LogP contribution < -0.4 is 10.7 Å². The van der Waals surface area contributed by atoms with Crippen LogP contribution >= 0.6 is 0 Å². The van der Waals surface area contributed by atoms with Gasteiger partial charge >= 0.3 is 0 Å². The molecule has 1 aromatic carbocycles. The van der Waals surface area contributed by atoms with Gasteiger partial charge in [-0.3, -0.25) is 9.59 Å². The van der Waals surface area contributed by atoms with Crippen molar-refractivity contribution in [3.8, 4) is 11.5 Å². The van der Waals surface area contributed by atoms with Crippen molar-refractivity contribution in [2.24, 2.45) is 22.9 Å². The number of hydrogen-bond donors (Lipinski definition) is 4. The van der Waals surface area contributed by atoms with Gasteiger partial charge in [0, 0.05) is 17.3 Å². The summed E-state index contributed by atoms with van der Waals surface area (Å²) in [6.45, 7) is 1.69. The Morgan fingerprint density at radius 3 is 2.29 bits per heavy atom. The minimum Gasteiger partial charge on any atom is -0.508 e. The molecule has 1 aromatic rings. The van der Waals surface area contributed by atoms with Crippen LogP contribution in [0.25, 0.3) is 0 Å². The predicted octanol–water partition coefficient (Wildman–Crippen LogP) is 2.68. The van der Waals surface area contributed by atoms with Crippen LogP contribution in [0.1, 0.15) is 62.2 Å². The molecular weight excluding hydrogens is 358 g/mol. The highest BCUT2D eigenvalue weighted by Gasteiger charge is 2.51. The maximum atomic E-state index is 12.6. The number of phenols is 2. The molecule has 0 aromatic heterocycles. The van der Waals surface area contributed by atoms with E-state index in [1.165, 1.54) is 31.4 Å². The summed E-state index contributed by atoms with van der Waals surface area (Å²) < 4.78 is 0. The van der Waals surface area contributed by atoms with Gasteiger partial charge in [-0.05, 0) is 75.3 Å². The normalized spacial score (nSPS) is 30.9. The summed E-state index contributed by atoms with van der Waals surface area (Å²) in [5.74, 6) is 1.18. The molecule has 0 heterocycles. The van der Waals surface area contributed by atoms with E-state index < -0.39 is 5.91 Å². The molecule has 0 unspecified atom stereocenters. The highest BCUT2D eigenvalue weighted by atomic mass is 16.3. The van der Waals surface area contributed by atoms with Crippen molar-refractivity contribution in [2.45, 2.75) is 57.4 Å². The van der Waals surface area contributed by atoms with Crippen molar-refractivity contribution in [3.05, 3.63) is 23.8 Å². The third-order valence-electron chi connectivity index (χ3n) is 6.43. The second kappa shape index (κ2) is 7.11. The monoisotopic (exact) mass is 385 g/mol. The van der Waals surface area contributed by atoms with Crippen molar-refractivity contribution < 1.29 is 19.8 Å². The van der Waals surface area contributed by atoms with Gasteiger partial charge in [-0.15, -0.1) is 0 Å². The molecule has 2 amide bonds. The summed E-state index contributed by atoms with van der Waals surface area (Å²) in [5.41, 5.74) is 2.82. The number of nitrogens with zero attached hydrogens (tertiary/aromatic N) is 1. The van der Waals surface area contributed by atoms with Gasteiger partial charge in [-0.25, -0.2) is 5.43 Å². The Kier molecular flexibility index (Phi) is 4.77. The Bertz CT molecular complexity index is 798. The number of hydrazone groups is 1. The maximum absolute atomic E-state index is 12.6. The lowest BCUT2D eigenvalue weighted by atomic mass is 9.53. The Morgan fingerprint density at radius 2 is 1.71 bits per heavy atom. The quantitative estimate of drug-likeness (QED) is 0.461. The van der Waals surface area contributed by atoms with Crippen molar-refractivity contribution in [3.63, 3.8) is 0 Å². The fourth-order valence-electron chi connectivity index (χ4n) is 5.79. The molecule has 28 heavy (non-hydrogen) atoms. The van der Waals surface area contributed by atoms with Gasteiger partial charge in [0.05, 0.1) is 12.0 Å². The molecule has 7 heteroatoms. The van der Waals surface area contributed by atoms with Crippen LogP contribution in [-0.4, -0.2) is 33.3 Å². The summed E-state index contributed by atoms with van der Waals surface area (Å²) >= 11 is 0. The van der Waals surface area contributed by atoms with E-state index in [1.54, 1.807) is 6.92 Å². The number of hydrogen-bond acceptors (Lipinski definition) is 5. The lowest BCUT2D eigenvalue weighted by Crippen LogP contribution is -2.60. The lowest BCUT2D eigenvalue weighted by molar-refractivity contribution is -0.125. The van der Waals surface area contributed by atoms with Gasteiger partial charge in [-0.2, -0.15) is 5.10 Å². The van der Waals surface area contributed by atoms with Crippen molar-refractivity contribution >= 4 is 17.5 Å². The van der Waals surface area contributed by atoms with Crippen LogP contribution in [0.3, 0.4) is 0 Å². The first-order valence-electron chi connectivity index (χ1n) is 9.98. The number of amides is 2. The van der Waals surface area contributed by atoms with Gasteiger partial charge < -0.3 is 15.5 Å². The SMILES string of the molecule is CC(CC(=O)NC12CC3CC(CC(C3)C1)C2)=NNC(=O)c1ccc(O)cc1O. The van der Waals surface area contributed by atoms with Crippen LogP contribution in [0, 0.1) is 17.8 Å². The number of rotatable bonds is 5. The van der Waals surface area contributed by atoms with E-state index in [4.69, 9.17) is 0 Å². The van der Waals surface area contributed by atoms with E-state index in [0.717, 1.165) is 43.1 Å². The zero-order chi connectivity index (χ0) is 19.9. The number of carbonyl (C=O) groups excluding carboxylic acids is 2. The molecule has 0 atom stereocenters. The molecule has 0 spiro atoms. The highest BCUT2D eigenvalue weighted by Crippen LogP contribution is 2.55. The largest absolute Gasteiger partial charge is 0.508 e. The second-order valence-corrected chi connectivity index (χ2v) is 8.91. The van der Waals surface area contributed by atoms with E-state index >= 15 is 0 Å². The minimum absolute atomic E-state index is 0.00682. The minimum atomic E-state index is -0.599. The Labute approximate surface area is 164 Å². The smallest absolute Gasteiger partial charge is 0.275 e. The third kappa shape index (κ3) is 3.84. The number of phenolic OH excluding ortho intramolecular Hbond substituents is 2. The van der Waals surface area contributed by atoms with Crippen molar-refractivity contribution in [1.29, 1.82) is 0 Å². The first-order valence-corrected chi connectivity index (χ1v) is 9.98. The molecule has 0 saturated heterocycles. The van der Waals surface area contributed by atoms with E-state index in [1.807, 2.05) is 0 Å². The molecule has 4 fully saturated rings. The summed E-state index contributed by atoms with van der Waals surface area (Å²) in [5, 5.41) is 26.3. The molecule has 0 aliphatic heterocycles. The van der Waals surface area contributed by atoms with Gasteiger partial charge in [0.15, 0.2) is 0 Å². The highest BCUT2D eigenvalue weighted by molar-refractivity contribution is 6.02. The van der Waals surface area contributed by atoms with Crippen LogP contribution in [0.4, 0.5) is 0 Å². The van der Waals surface area contributed by atoms with E-state index in [2.05, 4.69) is 15.8 Å². The Balaban J connectivity index is 1.32. The summed E-state index contributed by atoms with van der Waals surface area (Å²) in [6, 6.07) is 3.71. The molecule has 0 radical (unpaired) electrons. The zero-order valence-electron chi connectivity index (χ0n) is 16.1. The molecule has 150 valence electrons. The Hall–Kier alpha value is -2.57. The fourth-order valence-corrected chi connectivity index (χ4v) is 5.79. The predicted molar refractivity (Wildman–Crippen MR) is 104 cm³/mol. The van der Waals surface area contributed by atoms with Crippen molar-refractivity contribution in [1.82, 2.24) is 10.7 Å². The summed E-state index contributed by atoms with van der Waals surface area (Å²) in [4.78, 5) is 24.7. The maximum Gasteiger partial charge on any atom is 0.275 e. The Morgan fingerprint density at radius 1 is 1.11 bits per heavy atom. The molecule has 7 nitrogen and oxygen atoms in total. The van der Waals surface area contributed by atoms with Gasteiger partial charge in [0.25, 0.3) is 5.91 Å². The number of aromatic hydroxyl groups is 2. The molecule has 4 bridgehead atoms. The molecule has 4 aliphatic rings. The molecule has 4 saturated carbocycles. The van der Waals surface area contributed by atoms with Crippen LogP contribution in [0.2, 0.25) is 0 Å². The standard InChI is InChI=1S/C21H27N3O4/c1-12(23-24-20(28)17-3-2-16(25)8-18(17)26)4-19(27)22-21-9-13-5-14(10-21)7-15(6-13)11-21/h2-3,8,13-15,25-26H,4-7,9-11H2,1H3,(H,22,27)(H,24,28). The second-order valence-electron chi connectivity index (χ2n) is 8.91. The topological polar surface area (TPSA) is 111 Å². The molecule has 4 aliphatic carbocycles. The third-order valence-corrected chi connectivity index (χ3v) is 6.43. The number of benzene rings is 1. The van der Waals surface area contributed by atoms with Crippen LogP contribution in [-0.2, 0) is 4.79 Å². The number of nitrogens with one attached hydrogen (secondary N) is 2. The average Bonchev–Trinajstić information content (AvgIpc) is 2.57. The first kappa shape index (κ1) is 18.8. The van der Waals surface area contributed by atoms with Crippen LogP contribution in [0.15, 0.2) is 23.3 Å². The molecule has 4 N–H and O–H groups in total. The zero-order valence-corrected chi connectivity index (χ0v) is 16.1. The lowest BCUT2D eigenvalue weighted by Gasteiger charge is -2.56. The summed E-state index contributed by atoms with van der Waals surface area (Å²) in [7, 11) is 0. The summed E-state index contributed by atoms with van der Waals surface area (Å²) in [6.07, 6.45) is 7.39. The average molecular weight is 385 g/mol. The van der Waals surface area contributed by atoms with Gasteiger partial charge in [0.1, 0.15) is 11.5 Å². The van der Waals surface area contributed by atoms with Gasteiger partial charge in [-0.1, -0.05) is 0 Å². The van der Waals surface area contributed by atoms with Crippen molar-refractivity contribution in [2.75, 3.05) is 0 Å². The van der Waals surface area contributed by atoms with E-state index in [0.29, 0.717) is 5.71 Å².